The summed E-state index contributed by atoms with van der Waals surface area (Å²) in [5.41, 5.74) is 0. The van der Waals surface area contributed by atoms with Crippen molar-refractivity contribution in [3.63, 3.8) is 0 Å². The van der Waals surface area contributed by atoms with Gasteiger partial charge in [-0.2, -0.15) is 0 Å². The topological polar surface area (TPSA) is 12.5 Å². The molecule has 1 aromatic carbocycles. The minimum atomic E-state index is 0.603. The van der Waals surface area contributed by atoms with Crippen molar-refractivity contribution in [2.45, 2.75) is 44.6 Å². The van der Waals surface area contributed by atoms with Crippen LogP contribution < -0.4 is 4.74 Å². The predicted octanol–water partition coefficient (Wildman–Crippen LogP) is 4.21. The molecule has 0 aromatic heterocycles. The molecule has 1 atom stereocenters. The Hall–Kier alpha value is -0.670. The van der Waals surface area contributed by atoms with E-state index in [1.54, 1.807) is 7.11 Å². The molecule has 1 unspecified atom stereocenters. The fourth-order valence-electron chi connectivity index (χ4n) is 1.57. The Morgan fingerprint density at radius 1 is 1.35 bits per heavy atom. The lowest BCUT2D eigenvalue weighted by molar-refractivity contribution is 0.364. The van der Waals surface area contributed by atoms with E-state index in [4.69, 9.17) is 4.74 Å². The van der Waals surface area contributed by atoms with Crippen LogP contribution >= 0.6 is 11.9 Å². The number of methoxy groups -OCH3 is 1. The van der Waals surface area contributed by atoms with Gasteiger partial charge in [-0.25, -0.2) is 4.31 Å². The van der Waals surface area contributed by atoms with Crippen molar-refractivity contribution >= 4 is 11.9 Å². The summed E-state index contributed by atoms with van der Waals surface area (Å²) in [4.78, 5) is 1.25. The minimum Gasteiger partial charge on any atom is -0.497 e. The number of rotatable bonds is 7. The van der Waals surface area contributed by atoms with Crippen molar-refractivity contribution in [2.75, 3.05) is 13.7 Å². The predicted molar refractivity (Wildman–Crippen MR) is 75.6 cm³/mol. The van der Waals surface area contributed by atoms with Gasteiger partial charge >= 0.3 is 0 Å². The van der Waals surface area contributed by atoms with E-state index in [1.165, 1.54) is 17.7 Å². The van der Waals surface area contributed by atoms with Crippen molar-refractivity contribution in [3.8, 4) is 5.75 Å². The summed E-state index contributed by atoms with van der Waals surface area (Å²) in [5, 5.41) is 0. The Kier molecular flexibility index (Phi) is 6.45. The van der Waals surface area contributed by atoms with Crippen LogP contribution in [0.5, 0.6) is 5.75 Å². The number of ether oxygens (including phenoxy) is 1. The van der Waals surface area contributed by atoms with Crippen molar-refractivity contribution in [2.24, 2.45) is 0 Å². The average molecular weight is 253 g/mol. The number of benzene rings is 1. The SMILES string of the molecule is CCCN(Sc1cccc(OC)c1)C(C)CC. The molecule has 0 radical (unpaired) electrons. The molecule has 3 heteroatoms. The molecule has 1 rings (SSSR count). The van der Waals surface area contributed by atoms with Crippen molar-refractivity contribution in [1.29, 1.82) is 0 Å². The molecule has 0 spiro atoms. The maximum absolute atomic E-state index is 5.25. The maximum Gasteiger partial charge on any atom is 0.120 e. The summed E-state index contributed by atoms with van der Waals surface area (Å²) >= 11 is 1.83. The third kappa shape index (κ3) is 4.60. The molecular formula is C14H23NOS. The highest BCUT2D eigenvalue weighted by Crippen LogP contribution is 2.28. The molecule has 0 saturated carbocycles. The van der Waals surface area contributed by atoms with Crippen LogP contribution in [0.4, 0.5) is 0 Å². The maximum atomic E-state index is 5.25. The molecule has 0 aliphatic heterocycles. The van der Waals surface area contributed by atoms with E-state index < -0.39 is 0 Å². The van der Waals surface area contributed by atoms with E-state index in [0.717, 1.165) is 12.3 Å². The van der Waals surface area contributed by atoms with Gasteiger partial charge in [-0.1, -0.05) is 19.9 Å². The Balaban J connectivity index is 2.70. The first-order chi connectivity index (χ1) is 8.21. The Labute approximate surface area is 109 Å². The quantitative estimate of drug-likeness (QED) is 0.675. The van der Waals surface area contributed by atoms with E-state index in [0.29, 0.717) is 6.04 Å². The van der Waals surface area contributed by atoms with E-state index >= 15 is 0 Å². The Morgan fingerprint density at radius 3 is 2.71 bits per heavy atom. The van der Waals surface area contributed by atoms with Crippen LogP contribution in [0, 0.1) is 0 Å². The molecule has 2 nitrogen and oxygen atoms in total. The molecule has 0 amide bonds. The fourth-order valence-corrected chi connectivity index (χ4v) is 2.76. The highest BCUT2D eigenvalue weighted by molar-refractivity contribution is 7.97. The van der Waals surface area contributed by atoms with Gasteiger partial charge in [-0.3, -0.25) is 0 Å². The van der Waals surface area contributed by atoms with Crippen molar-refractivity contribution in [3.05, 3.63) is 24.3 Å². The summed E-state index contributed by atoms with van der Waals surface area (Å²) in [7, 11) is 1.71. The molecule has 96 valence electrons. The summed E-state index contributed by atoms with van der Waals surface area (Å²) in [5.74, 6) is 0.926. The summed E-state index contributed by atoms with van der Waals surface area (Å²) in [6.45, 7) is 7.86. The van der Waals surface area contributed by atoms with Crippen LogP contribution in [0.15, 0.2) is 29.2 Å². The molecule has 0 heterocycles. The van der Waals surface area contributed by atoms with Gasteiger partial charge in [0, 0.05) is 17.5 Å². The summed E-state index contributed by atoms with van der Waals surface area (Å²) in [6.07, 6.45) is 2.36. The second-order valence-corrected chi connectivity index (χ2v) is 5.29. The monoisotopic (exact) mass is 253 g/mol. The lowest BCUT2D eigenvalue weighted by Crippen LogP contribution is -2.26. The van der Waals surface area contributed by atoms with Crippen molar-refractivity contribution in [1.82, 2.24) is 4.31 Å². The highest BCUT2D eigenvalue weighted by Gasteiger charge is 2.12. The van der Waals surface area contributed by atoms with Gasteiger partial charge in [0.05, 0.1) is 7.11 Å². The standard InChI is InChI=1S/C14H23NOS/c1-5-10-15(12(3)6-2)17-14-9-7-8-13(11-14)16-4/h7-9,11-12H,5-6,10H2,1-4H3. The minimum absolute atomic E-state index is 0.603. The molecular weight excluding hydrogens is 230 g/mol. The number of nitrogens with zero attached hydrogens (tertiary/aromatic N) is 1. The van der Waals surface area contributed by atoms with Gasteiger partial charge in [0.15, 0.2) is 0 Å². The normalized spacial score (nSPS) is 12.8. The third-order valence-corrected chi connectivity index (χ3v) is 4.03. The van der Waals surface area contributed by atoms with Gasteiger partial charge < -0.3 is 4.74 Å². The van der Waals surface area contributed by atoms with E-state index in [9.17, 15) is 0 Å². The first-order valence-electron chi connectivity index (χ1n) is 6.29. The lowest BCUT2D eigenvalue weighted by Gasteiger charge is -2.26. The molecule has 0 saturated heterocycles. The van der Waals surface area contributed by atoms with Crippen LogP contribution in [0.3, 0.4) is 0 Å². The zero-order valence-corrected chi connectivity index (χ0v) is 12.1. The van der Waals surface area contributed by atoms with Gasteiger partial charge in [0.25, 0.3) is 0 Å². The smallest absolute Gasteiger partial charge is 0.120 e. The molecule has 0 aliphatic rings. The Bertz CT molecular complexity index is 330. The first-order valence-corrected chi connectivity index (χ1v) is 7.07. The average Bonchev–Trinajstić information content (AvgIpc) is 2.37. The number of hydrogen-bond acceptors (Lipinski definition) is 3. The number of hydrogen-bond donors (Lipinski definition) is 0. The summed E-state index contributed by atoms with van der Waals surface area (Å²) in [6, 6.07) is 8.86. The van der Waals surface area contributed by atoms with Crippen LogP contribution in [0.1, 0.15) is 33.6 Å². The van der Waals surface area contributed by atoms with E-state index in [2.05, 4.69) is 37.2 Å². The van der Waals surface area contributed by atoms with E-state index in [1.807, 2.05) is 24.1 Å². The highest BCUT2D eigenvalue weighted by atomic mass is 32.2. The van der Waals surface area contributed by atoms with Gasteiger partial charge in [-0.15, -0.1) is 0 Å². The zero-order valence-electron chi connectivity index (χ0n) is 11.3. The van der Waals surface area contributed by atoms with Gasteiger partial charge in [0.1, 0.15) is 5.75 Å². The molecule has 0 aliphatic carbocycles. The molecule has 0 bridgehead atoms. The summed E-state index contributed by atoms with van der Waals surface area (Å²) < 4.78 is 7.70. The second-order valence-electron chi connectivity index (χ2n) is 4.17. The molecule has 0 N–H and O–H groups in total. The molecule has 0 fully saturated rings. The van der Waals surface area contributed by atoms with Crippen LogP contribution in [-0.2, 0) is 0 Å². The van der Waals surface area contributed by atoms with Crippen molar-refractivity contribution < 1.29 is 4.74 Å². The van der Waals surface area contributed by atoms with Crippen LogP contribution in [0.2, 0.25) is 0 Å². The third-order valence-electron chi connectivity index (χ3n) is 2.79. The van der Waals surface area contributed by atoms with E-state index in [-0.39, 0.29) is 0 Å². The first kappa shape index (κ1) is 14.4. The Morgan fingerprint density at radius 2 is 2.12 bits per heavy atom. The largest absolute Gasteiger partial charge is 0.497 e. The zero-order chi connectivity index (χ0) is 12.7. The molecule has 1 aromatic rings. The van der Waals surface area contributed by atoms with Crippen LogP contribution in [-0.4, -0.2) is 24.0 Å². The van der Waals surface area contributed by atoms with Gasteiger partial charge in [-0.05, 0) is 49.9 Å². The molecule has 17 heavy (non-hydrogen) atoms. The fraction of sp³-hybridized carbons (Fsp3) is 0.571. The van der Waals surface area contributed by atoms with Crippen LogP contribution in [0.25, 0.3) is 0 Å². The van der Waals surface area contributed by atoms with Gasteiger partial charge in [0.2, 0.25) is 0 Å². The second kappa shape index (κ2) is 7.62. The lowest BCUT2D eigenvalue weighted by atomic mass is 10.2.